The molecule has 130 valence electrons. The summed E-state index contributed by atoms with van der Waals surface area (Å²) in [5.74, 6) is -0.453. The molecule has 3 heterocycles. The Morgan fingerprint density at radius 2 is 2.04 bits per heavy atom. The first-order valence-electron chi connectivity index (χ1n) is 7.98. The van der Waals surface area contributed by atoms with Gasteiger partial charge in [-0.2, -0.15) is 5.26 Å². The van der Waals surface area contributed by atoms with Crippen molar-refractivity contribution in [1.29, 1.82) is 5.26 Å². The van der Waals surface area contributed by atoms with Gasteiger partial charge < -0.3 is 10.5 Å². The van der Waals surface area contributed by atoms with Crippen molar-refractivity contribution < 1.29 is 9.13 Å². The maximum atomic E-state index is 13.4. The number of aromatic amines is 1. The zero-order valence-electron chi connectivity index (χ0n) is 14.1. The topological polar surface area (TPSA) is 87.7 Å². The summed E-state index contributed by atoms with van der Waals surface area (Å²) < 4.78 is 19.0. The van der Waals surface area contributed by atoms with Gasteiger partial charge in [-0.25, -0.2) is 4.39 Å². The predicted molar refractivity (Wildman–Crippen MR) is 97.1 cm³/mol. The number of rotatable bonds is 2. The smallest absolute Gasteiger partial charge is 0.244 e. The number of fused-ring (bicyclic) bond motifs is 1. The van der Waals surface area contributed by atoms with Gasteiger partial charge in [0.2, 0.25) is 11.8 Å². The van der Waals surface area contributed by atoms with Crippen molar-refractivity contribution in [3.05, 3.63) is 68.5 Å². The van der Waals surface area contributed by atoms with Crippen LogP contribution in [0, 0.1) is 31.0 Å². The summed E-state index contributed by atoms with van der Waals surface area (Å²) >= 11 is 1.68. The molecule has 26 heavy (non-hydrogen) atoms. The number of halogens is 1. The van der Waals surface area contributed by atoms with Gasteiger partial charge in [0, 0.05) is 15.3 Å². The largest absolute Gasteiger partial charge is 0.420 e. The third-order valence-electron chi connectivity index (χ3n) is 4.45. The molecule has 1 aromatic carbocycles. The Kier molecular flexibility index (Phi) is 3.78. The first-order valence-corrected chi connectivity index (χ1v) is 8.80. The van der Waals surface area contributed by atoms with Gasteiger partial charge in [0.1, 0.15) is 17.5 Å². The van der Waals surface area contributed by atoms with E-state index in [0.29, 0.717) is 5.88 Å². The second-order valence-electron chi connectivity index (χ2n) is 6.12. The average molecular weight is 366 g/mol. The fourth-order valence-corrected chi connectivity index (χ4v) is 4.25. The Balaban J connectivity index is 1.97. The lowest BCUT2D eigenvalue weighted by atomic mass is 9.83. The van der Waals surface area contributed by atoms with Crippen LogP contribution in [0.5, 0.6) is 5.88 Å². The summed E-state index contributed by atoms with van der Waals surface area (Å²) in [5.41, 5.74) is 9.53. The summed E-state index contributed by atoms with van der Waals surface area (Å²) in [6.45, 7) is 4.07. The minimum absolute atomic E-state index is 0.0191. The molecule has 5 nitrogen and oxygen atoms in total. The number of ether oxygens (including phenoxy) is 1. The van der Waals surface area contributed by atoms with E-state index in [1.807, 2.05) is 13.8 Å². The third-order valence-corrected chi connectivity index (χ3v) is 5.42. The molecule has 0 radical (unpaired) electrons. The quantitative estimate of drug-likeness (QED) is 0.714. The Morgan fingerprint density at radius 3 is 2.65 bits per heavy atom. The number of hydrogen-bond donors (Lipinski definition) is 2. The molecule has 3 aromatic rings. The van der Waals surface area contributed by atoms with Crippen LogP contribution in [0.4, 0.5) is 4.39 Å². The summed E-state index contributed by atoms with van der Waals surface area (Å²) in [7, 11) is 0. The maximum Gasteiger partial charge on any atom is 0.244 e. The Hall–Kier alpha value is -3.11. The van der Waals surface area contributed by atoms with Crippen LogP contribution in [-0.2, 0) is 0 Å². The molecule has 1 aliphatic heterocycles. The summed E-state index contributed by atoms with van der Waals surface area (Å²) in [6.07, 6.45) is 0. The van der Waals surface area contributed by atoms with Gasteiger partial charge in [0.25, 0.3) is 0 Å². The molecular formula is C19H15FN4OS. The summed E-state index contributed by atoms with van der Waals surface area (Å²) in [4.78, 5) is 2.30. The molecule has 2 aromatic heterocycles. The average Bonchev–Trinajstić information content (AvgIpc) is 3.16. The Morgan fingerprint density at radius 1 is 1.31 bits per heavy atom. The Bertz CT molecular complexity index is 1070. The number of hydrogen-bond acceptors (Lipinski definition) is 5. The second kappa shape index (κ2) is 6.00. The third kappa shape index (κ3) is 2.47. The van der Waals surface area contributed by atoms with E-state index in [1.54, 1.807) is 23.5 Å². The molecule has 0 unspecified atom stereocenters. The summed E-state index contributed by atoms with van der Waals surface area (Å²) in [6, 6.07) is 10.3. The molecule has 4 rings (SSSR count). The molecule has 1 aliphatic rings. The highest BCUT2D eigenvalue weighted by Gasteiger charge is 2.36. The SMILES string of the molecule is Cc1cc(-c2[nH]nc3c2[C@@H](c2ccc(F)cc2)C(C#N)=C(N)O3)c(C)s1. The highest BCUT2D eigenvalue weighted by atomic mass is 32.1. The Labute approximate surface area is 153 Å². The first kappa shape index (κ1) is 16.4. The number of nitrogens with two attached hydrogens (primary N) is 1. The van der Waals surface area contributed by atoms with Crippen LogP contribution in [0.15, 0.2) is 41.8 Å². The summed E-state index contributed by atoms with van der Waals surface area (Å²) in [5, 5.41) is 16.9. The number of aryl methyl sites for hydroxylation is 2. The van der Waals surface area contributed by atoms with Gasteiger partial charge in [-0.3, -0.25) is 5.10 Å². The van der Waals surface area contributed by atoms with E-state index < -0.39 is 5.92 Å². The van der Waals surface area contributed by atoms with E-state index in [2.05, 4.69) is 22.3 Å². The van der Waals surface area contributed by atoms with E-state index in [9.17, 15) is 9.65 Å². The van der Waals surface area contributed by atoms with Crippen molar-refractivity contribution in [2.45, 2.75) is 19.8 Å². The lowest BCUT2D eigenvalue weighted by Gasteiger charge is -2.24. The van der Waals surface area contributed by atoms with Gasteiger partial charge in [-0.05, 0) is 37.6 Å². The minimum atomic E-state index is -0.474. The van der Waals surface area contributed by atoms with Crippen molar-refractivity contribution in [1.82, 2.24) is 10.2 Å². The zero-order chi connectivity index (χ0) is 18.4. The van der Waals surface area contributed by atoms with Crippen LogP contribution >= 0.6 is 11.3 Å². The highest BCUT2D eigenvalue weighted by molar-refractivity contribution is 7.12. The standard InChI is InChI=1S/C19H15FN4OS/c1-9-7-13(10(2)26-9)17-16-15(11-3-5-12(20)6-4-11)14(8-21)18(22)25-19(16)24-23-17/h3-7,15H,22H2,1-2H3,(H,23,24)/t15-/m0/s1. The van der Waals surface area contributed by atoms with E-state index in [-0.39, 0.29) is 17.3 Å². The molecular weight excluding hydrogens is 351 g/mol. The van der Waals surface area contributed by atoms with Crippen LogP contribution < -0.4 is 10.5 Å². The van der Waals surface area contributed by atoms with E-state index in [4.69, 9.17) is 10.5 Å². The maximum absolute atomic E-state index is 13.4. The van der Waals surface area contributed by atoms with Gasteiger partial charge in [-0.1, -0.05) is 12.1 Å². The number of nitriles is 1. The molecule has 7 heteroatoms. The van der Waals surface area contributed by atoms with Crippen molar-refractivity contribution in [2.24, 2.45) is 5.73 Å². The van der Waals surface area contributed by atoms with E-state index >= 15 is 0 Å². The van der Waals surface area contributed by atoms with Crippen LogP contribution in [0.2, 0.25) is 0 Å². The lowest BCUT2D eigenvalue weighted by Crippen LogP contribution is -2.21. The molecule has 3 N–H and O–H groups in total. The fraction of sp³-hybridized carbons (Fsp3) is 0.158. The number of nitrogens with one attached hydrogen (secondary N) is 1. The number of aromatic nitrogens is 2. The van der Waals surface area contributed by atoms with E-state index in [0.717, 1.165) is 27.3 Å². The molecule has 0 amide bonds. The van der Waals surface area contributed by atoms with Crippen molar-refractivity contribution in [3.63, 3.8) is 0 Å². The number of benzene rings is 1. The number of nitrogens with zero attached hydrogens (tertiary/aromatic N) is 2. The molecule has 0 saturated heterocycles. The van der Waals surface area contributed by atoms with Gasteiger partial charge in [0.15, 0.2) is 0 Å². The van der Waals surface area contributed by atoms with Crippen molar-refractivity contribution >= 4 is 11.3 Å². The molecule has 0 bridgehead atoms. The fourth-order valence-electron chi connectivity index (χ4n) is 3.32. The van der Waals surface area contributed by atoms with Gasteiger partial charge >= 0.3 is 0 Å². The number of allylic oxidation sites excluding steroid dienone is 1. The lowest BCUT2D eigenvalue weighted by molar-refractivity contribution is 0.379. The molecule has 0 aliphatic carbocycles. The molecule has 0 fully saturated rings. The van der Waals surface area contributed by atoms with Crippen LogP contribution in [0.3, 0.4) is 0 Å². The van der Waals surface area contributed by atoms with Crippen LogP contribution in [0.25, 0.3) is 11.3 Å². The second-order valence-corrected chi connectivity index (χ2v) is 7.58. The van der Waals surface area contributed by atoms with Crippen molar-refractivity contribution in [3.8, 4) is 23.2 Å². The molecule has 1 atom stereocenters. The first-order chi connectivity index (χ1) is 12.5. The van der Waals surface area contributed by atoms with Crippen LogP contribution in [-0.4, -0.2) is 10.2 Å². The van der Waals surface area contributed by atoms with Crippen LogP contribution in [0.1, 0.15) is 26.8 Å². The monoisotopic (exact) mass is 366 g/mol. The zero-order valence-corrected chi connectivity index (χ0v) is 14.9. The van der Waals surface area contributed by atoms with Crippen molar-refractivity contribution in [2.75, 3.05) is 0 Å². The normalized spacial score (nSPS) is 16.2. The molecule has 0 saturated carbocycles. The van der Waals surface area contributed by atoms with Gasteiger partial charge in [0.05, 0.1) is 17.2 Å². The minimum Gasteiger partial charge on any atom is -0.420 e. The molecule has 0 spiro atoms. The number of H-pyrrole nitrogens is 1. The highest BCUT2D eigenvalue weighted by Crippen LogP contribution is 2.46. The predicted octanol–water partition coefficient (Wildman–Crippen LogP) is 4.11. The number of thiophene rings is 1. The van der Waals surface area contributed by atoms with E-state index in [1.165, 1.54) is 17.0 Å². The van der Waals surface area contributed by atoms with Gasteiger partial charge in [-0.15, -0.1) is 16.4 Å².